The first-order valence-corrected chi connectivity index (χ1v) is 6.81. The molecule has 0 spiro atoms. The van der Waals surface area contributed by atoms with Gasteiger partial charge in [-0.25, -0.2) is 4.98 Å². The van der Waals surface area contributed by atoms with E-state index in [-0.39, 0.29) is 42.7 Å². The van der Waals surface area contributed by atoms with Crippen LogP contribution in [0.1, 0.15) is 13.8 Å². The summed E-state index contributed by atoms with van der Waals surface area (Å²) < 4.78 is 5.58. The number of nitrogens with two attached hydrogens (primary N) is 1. The van der Waals surface area contributed by atoms with E-state index in [2.05, 4.69) is 10.3 Å². The van der Waals surface area contributed by atoms with Crippen LogP contribution in [0.4, 0.5) is 5.69 Å². The van der Waals surface area contributed by atoms with Gasteiger partial charge in [-0.15, -0.1) is 24.8 Å². The van der Waals surface area contributed by atoms with Gasteiger partial charge in [-0.1, -0.05) is 25.1 Å². The molecule has 0 radical (unpaired) electrons. The summed E-state index contributed by atoms with van der Waals surface area (Å²) in [5.41, 5.74) is 6.32. The summed E-state index contributed by atoms with van der Waals surface area (Å²) in [7, 11) is 0. The van der Waals surface area contributed by atoms with Gasteiger partial charge < -0.3 is 15.8 Å². The van der Waals surface area contributed by atoms with E-state index in [0.29, 0.717) is 17.3 Å². The molecule has 1 heterocycles. The van der Waals surface area contributed by atoms with E-state index in [0.717, 1.165) is 0 Å². The molecule has 126 valence electrons. The largest absolute Gasteiger partial charge is 0.439 e. The number of carbonyl (C=O) groups is 1. The van der Waals surface area contributed by atoms with Gasteiger partial charge in [0.05, 0.1) is 17.8 Å². The number of hydrogen-bond donors (Lipinski definition) is 2. The first-order chi connectivity index (χ1) is 10.1. The molecule has 2 atom stereocenters. The van der Waals surface area contributed by atoms with E-state index in [9.17, 15) is 4.79 Å². The van der Waals surface area contributed by atoms with Crippen LogP contribution in [0.15, 0.2) is 48.7 Å². The van der Waals surface area contributed by atoms with E-state index in [4.69, 9.17) is 10.5 Å². The van der Waals surface area contributed by atoms with E-state index in [1.54, 1.807) is 32.2 Å². The molecule has 0 aliphatic rings. The summed E-state index contributed by atoms with van der Waals surface area (Å²) in [4.78, 5) is 16.0. The maximum atomic E-state index is 11.9. The highest BCUT2D eigenvalue weighted by molar-refractivity contribution is 5.92. The number of aromatic nitrogens is 1. The SMILES string of the molecule is CC(N)C(C)C(=O)Nc1ccc(Oc2ccccc2)nc1.Cl.Cl. The molecule has 2 aromatic rings. The number of rotatable bonds is 5. The summed E-state index contributed by atoms with van der Waals surface area (Å²) in [5, 5.41) is 2.78. The number of nitrogens with one attached hydrogen (secondary N) is 1. The van der Waals surface area contributed by atoms with Gasteiger partial charge in [0, 0.05) is 12.1 Å². The lowest BCUT2D eigenvalue weighted by molar-refractivity contribution is -0.119. The summed E-state index contributed by atoms with van der Waals surface area (Å²) >= 11 is 0. The fourth-order valence-electron chi connectivity index (χ4n) is 1.62. The fraction of sp³-hybridized carbons (Fsp3) is 0.250. The second-order valence-corrected chi connectivity index (χ2v) is 4.94. The zero-order chi connectivity index (χ0) is 15.2. The van der Waals surface area contributed by atoms with Gasteiger partial charge in [-0.2, -0.15) is 0 Å². The summed E-state index contributed by atoms with van der Waals surface area (Å²) in [5.74, 6) is 0.806. The summed E-state index contributed by atoms with van der Waals surface area (Å²) in [6, 6.07) is 12.6. The van der Waals surface area contributed by atoms with Crippen molar-refractivity contribution in [2.45, 2.75) is 19.9 Å². The highest BCUT2D eigenvalue weighted by Crippen LogP contribution is 2.20. The van der Waals surface area contributed by atoms with Gasteiger partial charge in [-0.05, 0) is 25.1 Å². The zero-order valence-electron chi connectivity index (χ0n) is 12.9. The molecule has 0 aliphatic heterocycles. The number of para-hydroxylation sites is 1. The van der Waals surface area contributed by atoms with Crippen LogP contribution in [0, 0.1) is 5.92 Å². The molecule has 23 heavy (non-hydrogen) atoms. The van der Waals surface area contributed by atoms with Gasteiger partial charge in [0.2, 0.25) is 11.8 Å². The topological polar surface area (TPSA) is 77.2 Å². The van der Waals surface area contributed by atoms with Crippen LogP contribution in [0.3, 0.4) is 0 Å². The molecule has 5 nitrogen and oxygen atoms in total. The maximum Gasteiger partial charge on any atom is 0.228 e. The van der Waals surface area contributed by atoms with Crippen molar-refractivity contribution in [2.24, 2.45) is 11.7 Å². The Hall–Kier alpha value is -1.82. The number of hydrogen-bond acceptors (Lipinski definition) is 4. The molecule has 0 bridgehead atoms. The third-order valence-corrected chi connectivity index (χ3v) is 3.17. The zero-order valence-corrected chi connectivity index (χ0v) is 14.6. The molecular formula is C16H21Cl2N3O2. The predicted molar refractivity (Wildman–Crippen MR) is 96.7 cm³/mol. The van der Waals surface area contributed by atoms with Crippen molar-refractivity contribution in [1.29, 1.82) is 0 Å². The minimum atomic E-state index is -0.259. The smallest absolute Gasteiger partial charge is 0.228 e. The number of amides is 1. The molecule has 0 aliphatic carbocycles. The van der Waals surface area contributed by atoms with Crippen LogP contribution in [-0.4, -0.2) is 16.9 Å². The minimum Gasteiger partial charge on any atom is -0.439 e. The number of pyridine rings is 1. The molecule has 0 saturated heterocycles. The molecular weight excluding hydrogens is 337 g/mol. The van der Waals surface area contributed by atoms with E-state index in [1.165, 1.54) is 0 Å². The molecule has 1 amide bonds. The Morgan fingerprint density at radius 1 is 1.13 bits per heavy atom. The minimum absolute atomic E-state index is 0. The molecule has 2 rings (SSSR count). The van der Waals surface area contributed by atoms with Gasteiger partial charge in [0.1, 0.15) is 5.75 Å². The van der Waals surface area contributed by atoms with Crippen molar-refractivity contribution in [1.82, 2.24) is 4.98 Å². The van der Waals surface area contributed by atoms with Crippen molar-refractivity contribution in [3.8, 4) is 11.6 Å². The number of anilines is 1. The Kier molecular flexibility index (Phi) is 9.25. The first-order valence-electron chi connectivity index (χ1n) is 6.81. The molecule has 0 saturated carbocycles. The third kappa shape index (κ3) is 6.44. The fourth-order valence-corrected chi connectivity index (χ4v) is 1.62. The molecule has 1 aromatic heterocycles. The van der Waals surface area contributed by atoms with Crippen molar-refractivity contribution in [3.05, 3.63) is 48.7 Å². The molecule has 2 unspecified atom stereocenters. The lowest BCUT2D eigenvalue weighted by atomic mass is 10.0. The van der Waals surface area contributed by atoms with E-state index < -0.39 is 0 Å². The lowest BCUT2D eigenvalue weighted by Gasteiger charge is -2.15. The van der Waals surface area contributed by atoms with Crippen LogP contribution in [0.2, 0.25) is 0 Å². The van der Waals surface area contributed by atoms with Gasteiger partial charge in [-0.3, -0.25) is 4.79 Å². The molecule has 3 N–H and O–H groups in total. The van der Waals surface area contributed by atoms with Crippen LogP contribution in [0.5, 0.6) is 11.6 Å². The van der Waals surface area contributed by atoms with Gasteiger partial charge in [0.15, 0.2) is 0 Å². The number of ether oxygens (including phenoxy) is 1. The normalized spacial score (nSPS) is 12.1. The highest BCUT2D eigenvalue weighted by Gasteiger charge is 2.17. The summed E-state index contributed by atoms with van der Waals surface area (Å²) in [6.07, 6.45) is 1.56. The Balaban J connectivity index is 0.00000242. The van der Waals surface area contributed by atoms with E-state index in [1.807, 2.05) is 30.3 Å². The number of halogens is 2. The molecule has 0 fully saturated rings. The van der Waals surface area contributed by atoms with Crippen LogP contribution in [0.25, 0.3) is 0 Å². The quantitative estimate of drug-likeness (QED) is 0.856. The van der Waals surface area contributed by atoms with Gasteiger partial charge >= 0.3 is 0 Å². The van der Waals surface area contributed by atoms with Crippen molar-refractivity contribution >= 4 is 36.4 Å². The average molecular weight is 358 g/mol. The predicted octanol–water partition coefficient (Wildman–Crippen LogP) is 3.64. The standard InChI is InChI=1S/C16H19N3O2.2ClH/c1-11(12(2)17)16(20)19-13-8-9-15(18-10-13)21-14-6-4-3-5-7-14;;/h3-12H,17H2,1-2H3,(H,19,20);2*1H. The van der Waals surface area contributed by atoms with Crippen LogP contribution in [-0.2, 0) is 4.79 Å². The highest BCUT2D eigenvalue weighted by atomic mass is 35.5. The third-order valence-electron chi connectivity index (χ3n) is 3.17. The van der Waals surface area contributed by atoms with Crippen LogP contribution >= 0.6 is 24.8 Å². The average Bonchev–Trinajstić information content (AvgIpc) is 2.49. The molecule has 1 aromatic carbocycles. The van der Waals surface area contributed by atoms with Crippen molar-refractivity contribution in [2.75, 3.05) is 5.32 Å². The Morgan fingerprint density at radius 3 is 2.30 bits per heavy atom. The monoisotopic (exact) mass is 357 g/mol. The number of carbonyl (C=O) groups excluding carboxylic acids is 1. The Bertz CT molecular complexity index is 592. The lowest BCUT2D eigenvalue weighted by Crippen LogP contribution is -2.34. The maximum absolute atomic E-state index is 11.9. The molecule has 7 heteroatoms. The van der Waals surface area contributed by atoms with Crippen LogP contribution < -0.4 is 15.8 Å². The second-order valence-electron chi connectivity index (χ2n) is 4.94. The Morgan fingerprint density at radius 2 is 1.78 bits per heavy atom. The summed E-state index contributed by atoms with van der Waals surface area (Å²) in [6.45, 7) is 3.60. The van der Waals surface area contributed by atoms with E-state index >= 15 is 0 Å². The first kappa shape index (κ1) is 21.2. The number of nitrogens with zero attached hydrogens (tertiary/aromatic N) is 1. The van der Waals surface area contributed by atoms with Crippen molar-refractivity contribution < 1.29 is 9.53 Å². The second kappa shape index (κ2) is 10.0. The van der Waals surface area contributed by atoms with Crippen molar-refractivity contribution in [3.63, 3.8) is 0 Å². The Labute approximate surface area is 148 Å². The van der Waals surface area contributed by atoms with Gasteiger partial charge in [0.25, 0.3) is 0 Å². The number of benzene rings is 1.